The predicted octanol–water partition coefficient (Wildman–Crippen LogP) is 4.79. The average molecular weight is 581 g/mol. The minimum absolute atomic E-state index is 0.0191. The Morgan fingerprint density at radius 3 is 2.33 bits per heavy atom. The molecule has 5 rings (SSSR count). The number of alkyl halides is 3. The highest BCUT2D eigenvalue weighted by molar-refractivity contribution is 7.89. The molecule has 1 aliphatic carbocycles. The summed E-state index contributed by atoms with van der Waals surface area (Å²) in [5, 5.41) is 2.74. The van der Waals surface area contributed by atoms with Crippen LogP contribution in [0, 0.1) is 28.9 Å². The Morgan fingerprint density at radius 2 is 1.73 bits per heavy atom. The van der Waals surface area contributed by atoms with Gasteiger partial charge in [-0.05, 0) is 65.6 Å². The highest BCUT2D eigenvalue weighted by Gasteiger charge is 2.61. The second-order valence-corrected chi connectivity index (χ2v) is 12.7. The Bertz CT molecular complexity index is 1540. The summed E-state index contributed by atoms with van der Waals surface area (Å²) in [6, 6.07) is 7.30. The molecule has 0 unspecified atom stereocenters. The first-order valence-electron chi connectivity index (χ1n) is 12.4. The molecule has 1 saturated heterocycles. The lowest BCUT2D eigenvalue weighted by molar-refractivity contribution is -0.145. The summed E-state index contributed by atoms with van der Waals surface area (Å²) in [7, 11) is -4.11. The molecule has 0 bridgehead atoms. The van der Waals surface area contributed by atoms with E-state index in [1.54, 1.807) is 0 Å². The third kappa shape index (κ3) is 5.07. The summed E-state index contributed by atoms with van der Waals surface area (Å²) < 4.78 is 94.5. The zero-order valence-corrected chi connectivity index (χ0v) is 22.2. The molecule has 1 saturated carbocycles. The lowest BCUT2D eigenvalue weighted by atomic mass is 9.55. The standard InChI is InChI=1S/C27H25F5N4O3S/c1-26(2)10-20-21(26)14-36(40(38,39)18-6-4-17(28)5-7-18)23(20)24(37)33-11-15-3-8-22(29)19(9-15)16-12-34-25(35-13-16)27(30,31)32/h3-9,12-13,20-21,23H,10-11,14H2,1-2H3,(H,33,37)/t20-,21-,23-/m0/s1. The number of carbonyl (C=O) groups is 1. The molecule has 1 N–H and O–H groups in total. The van der Waals surface area contributed by atoms with Crippen molar-refractivity contribution >= 4 is 15.9 Å². The van der Waals surface area contributed by atoms with E-state index >= 15 is 0 Å². The molecular formula is C27H25F5N4O3S. The van der Waals surface area contributed by atoms with Crippen molar-refractivity contribution in [2.24, 2.45) is 17.3 Å². The van der Waals surface area contributed by atoms with Crippen molar-refractivity contribution in [3.05, 3.63) is 77.9 Å². The van der Waals surface area contributed by atoms with Gasteiger partial charge >= 0.3 is 6.18 Å². The normalized spacial score (nSPS) is 22.4. The largest absolute Gasteiger partial charge is 0.451 e. The van der Waals surface area contributed by atoms with Crippen LogP contribution in [0.15, 0.2) is 59.8 Å². The highest BCUT2D eigenvalue weighted by atomic mass is 32.2. The van der Waals surface area contributed by atoms with Crippen LogP contribution in [-0.2, 0) is 27.5 Å². The third-order valence-corrected chi connectivity index (χ3v) is 9.64. The Morgan fingerprint density at radius 1 is 1.07 bits per heavy atom. The van der Waals surface area contributed by atoms with Crippen molar-refractivity contribution in [2.75, 3.05) is 6.54 Å². The Kier molecular flexibility index (Phi) is 6.94. The minimum Gasteiger partial charge on any atom is -0.351 e. The molecule has 1 aromatic heterocycles. The lowest BCUT2D eigenvalue weighted by Gasteiger charge is -2.48. The van der Waals surface area contributed by atoms with Crippen molar-refractivity contribution in [3.8, 4) is 11.1 Å². The summed E-state index contributed by atoms with van der Waals surface area (Å²) in [4.78, 5) is 19.8. The van der Waals surface area contributed by atoms with Gasteiger partial charge in [-0.25, -0.2) is 27.2 Å². The van der Waals surface area contributed by atoms with Crippen molar-refractivity contribution in [2.45, 2.75) is 43.9 Å². The fourth-order valence-corrected chi connectivity index (χ4v) is 7.34. The van der Waals surface area contributed by atoms with Crippen molar-refractivity contribution < 1.29 is 35.2 Å². The van der Waals surface area contributed by atoms with Gasteiger partial charge < -0.3 is 5.32 Å². The van der Waals surface area contributed by atoms with Gasteiger partial charge in [-0.3, -0.25) is 4.79 Å². The van der Waals surface area contributed by atoms with Gasteiger partial charge in [0.25, 0.3) is 0 Å². The second-order valence-electron chi connectivity index (χ2n) is 10.8. The molecule has 0 radical (unpaired) electrons. The van der Waals surface area contributed by atoms with E-state index in [9.17, 15) is 35.2 Å². The molecular weight excluding hydrogens is 555 g/mol. The summed E-state index contributed by atoms with van der Waals surface area (Å²) in [6.07, 6.45) is -2.37. The number of rotatable bonds is 6. The maximum atomic E-state index is 14.5. The molecule has 2 aliphatic rings. The molecule has 40 heavy (non-hydrogen) atoms. The van der Waals surface area contributed by atoms with Gasteiger partial charge in [-0.2, -0.15) is 17.5 Å². The monoisotopic (exact) mass is 580 g/mol. The molecule has 1 amide bonds. The van der Waals surface area contributed by atoms with Gasteiger partial charge in [-0.1, -0.05) is 19.9 Å². The minimum atomic E-state index is -4.74. The van der Waals surface area contributed by atoms with Crippen molar-refractivity contribution in [1.29, 1.82) is 0 Å². The molecule has 212 valence electrons. The number of benzene rings is 2. The van der Waals surface area contributed by atoms with Gasteiger partial charge in [0.15, 0.2) is 0 Å². The average Bonchev–Trinajstić information content (AvgIpc) is 3.24. The first kappa shape index (κ1) is 28.1. The van der Waals surface area contributed by atoms with E-state index in [0.29, 0.717) is 12.0 Å². The van der Waals surface area contributed by atoms with Crippen LogP contribution >= 0.6 is 0 Å². The van der Waals surface area contributed by atoms with Crippen LogP contribution in [0.3, 0.4) is 0 Å². The number of amides is 1. The number of nitrogens with zero attached hydrogens (tertiary/aromatic N) is 3. The van der Waals surface area contributed by atoms with Crippen LogP contribution in [0.25, 0.3) is 11.1 Å². The van der Waals surface area contributed by atoms with Gasteiger partial charge in [-0.15, -0.1) is 0 Å². The summed E-state index contributed by atoms with van der Waals surface area (Å²) >= 11 is 0. The van der Waals surface area contributed by atoms with Crippen LogP contribution in [0.5, 0.6) is 0 Å². The van der Waals surface area contributed by atoms with Gasteiger partial charge in [0.2, 0.25) is 21.8 Å². The number of aromatic nitrogens is 2. The molecule has 0 spiro atoms. The van der Waals surface area contributed by atoms with Crippen molar-refractivity contribution in [3.63, 3.8) is 0 Å². The maximum Gasteiger partial charge on any atom is 0.451 e. The lowest BCUT2D eigenvalue weighted by Crippen LogP contribution is -2.51. The SMILES string of the molecule is CC1(C)C[C@@H]2[C@@H](C(=O)NCc3ccc(F)c(-c4cnc(C(F)(F)F)nc4)c3)N(S(=O)(=O)c3ccc(F)cc3)C[C@@H]21. The quantitative estimate of drug-likeness (QED) is 0.424. The molecule has 2 fully saturated rings. The Labute approximate surface area is 227 Å². The van der Waals surface area contributed by atoms with E-state index in [-0.39, 0.29) is 46.4 Å². The Balaban J connectivity index is 1.36. The fraction of sp³-hybridized carbons (Fsp3) is 0.370. The summed E-state index contributed by atoms with van der Waals surface area (Å²) in [5.74, 6) is -3.44. The first-order chi connectivity index (χ1) is 18.7. The van der Waals surface area contributed by atoms with Crippen LogP contribution in [0.4, 0.5) is 22.0 Å². The van der Waals surface area contributed by atoms with Crippen LogP contribution in [0.1, 0.15) is 31.7 Å². The number of sulfonamides is 1. The Hall–Kier alpha value is -3.45. The van der Waals surface area contributed by atoms with Crippen molar-refractivity contribution in [1.82, 2.24) is 19.6 Å². The van der Waals surface area contributed by atoms with Crippen LogP contribution in [0.2, 0.25) is 0 Å². The van der Waals surface area contributed by atoms with Gasteiger partial charge in [0.05, 0.1) is 4.90 Å². The molecule has 2 aromatic carbocycles. The zero-order valence-electron chi connectivity index (χ0n) is 21.4. The molecule has 2 heterocycles. The maximum absolute atomic E-state index is 14.5. The first-order valence-corrected chi connectivity index (χ1v) is 13.9. The topological polar surface area (TPSA) is 92.3 Å². The number of hydrogen-bond acceptors (Lipinski definition) is 5. The molecule has 3 atom stereocenters. The molecule has 13 heteroatoms. The molecule has 7 nitrogen and oxygen atoms in total. The van der Waals surface area contributed by atoms with E-state index < -0.39 is 45.6 Å². The highest BCUT2D eigenvalue weighted by Crippen LogP contribution is 2.57. The fourth-order valence-electron chi connectivity index (χ4n) is 5.68. The number of hydrogen-bond donors (Lipinski definition) is 1. The van der Waals surface area contributed by atoms with E-state index in [2.05, 4.69) is 15.3 Å². The van der Waals surface area contributed by atoms with Gasteiger partial charge in [0, 0.05) is 36.6 Å². The number of halogens is 5. The summed E-state index contributed by atoms with van der Waals surface area (Å²) in [6.45, 7) is 4.09. The van der Waals surface area contributed by atoms with Gasteiger partial charge in [0.1, 0.15) is 17.7 Å². The van der Waals surface area contributed by atoms with Crippen LogP contribution in [-0.4, -0.2) is 41.2 Å². The van der Waals surface area contributed by atoms with E-state index in [1.165, 1.54) is 16.4 Å². The third-order valence-electron chi connectivity index (χ3n) is 7.78. The molecule has 3 aromatic rings. The van der Waals surface area contributed by atoms with E-state index in [0.717, 1.165) is 42.7 Å². The summed E-state index contributed by atoms with van der Waals surface area (Å²) in [5.41, 5.74) is 0.237. The van der Waals surface area contributed by atoms with E-state index in [1.807, 2.05) is 13.8 Å². The number of nitrogens with one attached hydrogen (secondary N) is 1. The predicted molar refractivity (Wildman–Crippen MR) is 134 cm³/mol. The number of carbonyl (C=O) groups excluding carboxylic acids is 1. The van der Waals surface area contributed by atoms with E-state index in [4.69, 9.17) is 0 Å². The smallest absolute Gasteiger partial charge is 0.351 e. The van der Waals surface area contributed by atoms with Crippen LogP contribution < -0.4 is 5.32 Å². The zero-order chi connectivity index (χ0) is 29.0. The number of fused-ring (bicyclic) bond motifs is 1. The molecule has 1 aliphatic heterocycles. The second kappa shape index (κ2) is 9.88.